The van der Waals surface area contributed by atoms with Gasteiger partial charge in [-0.3, -0.25) is 4.79 Å². The summed E-state index contributed by atoms with van der Waals surface area (Å²) in [4.78, 5) is 10.6. The zero-order valence-electron chi connectivity index (χ0n) is 5.57. The van der Waals surface area contributed by atoms with E-state index in [1.807, 2.05) is 0 Å². The number of hydrogen-bond donors (Lipinski definition) is 0. The smallest absolute Gasteiger partial charge is 0.254 e. The van der Waals surface area contributed by atoms with Crippen LogP contribution >= 0.6 is 45.8 Å². The van der Waals surface area contributed by atoms with Crippen molar-refractivity contribution in [1.82, 2.24) is 0 Å². The van der Waals surface area contributed by atoms with Gasteiger partial charge in [0.1, 0.15) is 5.82 Å². The van der Waals surface area contributed by atoms with Crippen molar-refractivity contribution in [3.63, 3.8) is 0 Å². The molecule has 64 valence electrons. The van der Waals surface area contributed by atoms with Crippen LogP contribution in [0, 0.1) is 9.39 Å². The first kappa shape index (κ1) is 10.2. The molecular weight excluding hydrogens is 317 g/mol. The Labute approximate surface area is 92.0 Å². The van der Waals surface area contributed by atoms with Crippen LogP contribution in [0.15, 0.2) is 12.1 Å². The Kier molecular flexibility index (Phi) is 3.31. The first-order chi connectivity index (χ1) is 5.52. The lowest BCUT2D eigenvalue weighted by Crippen LogP contribution is -1.93. The van der Waals surface area contributed by atoms with E-state index in [0.29, 0.717) is 3.57 Å². The maximum absolute atomic E-state index is 12.8. The van der Waals surface area contributed by atoms with E-state index in [0.717, 1.165) is 6.07 Å². The van der Waals surface area contributed by atoms with Gasteiger partial charge in [0.2, 0.25) is 0 Å². The molecule has 1 rings (SSSR count). The van der Waals surface area contributed by atoms with Gasteiger partial charge >= 0.3 is 0 Å². The molecule has 0 amide bonds. The molecule has 1 nitrogen and oxygen atoms in total. The summed E-state index contributed by atoms with van der Waals surface area (Å²) in [6.45, 7) is 0. The van der Waals surface area contributed by atoms with Crippen LogP contribution in [0.1, 0.15) is 10.4 Å². The van der Waals surface area contributed by atoms with Gasteiger partial charge in [0.25, 0.3) is 5.24 Å². The van der Waals surface area contributed by atoms with Gasteiger partial charge < -0.3 is 0 Å². The predicted octanol–water partition coefficient (Wildman–Crippen LogP) is 3.46. The third-order valence-corrected chi connectivity index (χ3v) is 2.56. The van der Waals surface area contributed by atoms with E-state index < -0.39 is 11.1 Å². The summed E-state index contributed by atoms with van der Waals surface area (Å²) in [5, 5.41) is -0.587. The number of halogens is 4. The molecule has 0 N–H and O–H groups in total. The van der Waals surface area contributed by atoms with Gasteiger partial charge in [0, 0.05) is 0 Å². The molecule has 0 bridgehead atoms. The summed E-state index contributed by atoms with van der Waals surface area (Å²) in [5.74, 6) is -0.496. The van der Waals surface area contributed by atoms with Gasteiger partial charge in [0.05, 0.1) is 14.2 Å². The van der Waals surface area contributed by atoms with Crippen LogP contribution in [0.4, 0.5) is 4.39 Å². The quantitative estimate of drug-likeness (QED) is 0.440. The van der Waals surface area contributed by atoms with Gasteiger partial charge in [-0.05, 0) is 46.3 Å². The lowest BCUT2D eigenvalue weighted by molar-refractivity contribution is 0.108. The third-order valence-electron chi connectivity index (χ3n) is 1.22. The Hall–Kier alpha value is 0.130. The van der Waals surface area contributed by atoms with Crippen molar-refractivity contribution in [2.75, 3.05) is 0 Å². The Morgan fingerprint density at radius 1 is 1.50 bits per heavy atom. The second kappa shape index (κ2) is 3.89. The minimum absolute atomic E-state index is 0.00347. The maximum Gasteiger partial charge on any atom is 0.254 e. The fourth-order valence-corrected chi connectivity index (χ4v) is 1.78. The Balaban J connectivity index is 3.33. The molecule has 12 heavy (non-hydrogen) atoms. The molecule has 0 aliphatic heterocycles. The van der Waals surface area contributed by atoms with Crippen LogP contribution < -0.4 is 0 Å². The van der Waals surface area contributed by atoms with Gasteiger partial charge in [0.15, 0.2) is 0 Å². The summed E-state index contributed by atoms with van der Waals surface area (Å²) in [7, 11) is 0. The van der Waals surface area contributed by atoms with Gasteiger partial charge in [-0.25, -0.2) is 4.39 Å². The minimum Gasteiger partial charge on any atom is -0.276 e. The highest BCUT2D eigenvalue weighted by Crippen LogP contribution is 2.23. The molecule has 0 spiro atoms. The average molecular weight is 319 g/mol. The van der Waals surface area contributed by atoms with Crippen LogP contribution in [-0.2, 0) is 0 Å². The fraction of sp³-hybridized carbons (Fsp3) is 0. The topological polar surface area (TPSA) is 17.1 Å². The Morgan fingerprint density at radius 3 is 2.58 bits per heavy atom. The van der Waals surface area contributed by atoms with Crippen molar-refractivity contribution >= 4 is 51.0 Å². The van der Waals surface area contributed by atoms with Crippen molar-refractivity contribution in [3.05, 3.63) is 32.1 Å². The second-order valence-corrected chi connectivity index (χ2v) is 3.93. The van der Waals surface area contributed by atoms with Crippen LogP contribution in [0.5, 0.6) is 0 Å². The minimum atomic E-state index is -0.754. The number of carbonyl (C=O) groups is 1. The average Bonchev–Trinajstić information content (AvgIpc) is 1.96. The number of rotatable bonds is 1. The summed E-state index contributed by atoms with van der Waals surface area (Å²) in [6.07, 6.45) is 0. The van der Waals surface area contributed by atoms with Crippen LogP contribution in [0.2, 0.25) is 5.02 Å². The van der Waals surface area contributed by atoms with Crippen LogP contribution in [-0.4, -0.2) is 5.24 Å². The maximum atomic E-state index is 12.8. The molecule has 0 fully saturated rings. The summed E-state index contributed by atoms with van der Waals surface area (Å²) in [6, 6.07) is 2.38. The molecule has 0 aromatic heterocycles. The van der Waals surface area contributed by atoms with Gasteiger partial charge in [-0.2, -0.15) is 0 Å². The second-order valence-electron chi connectivity index (χ2n) is 2.02. The lowest BCUT2D eigenvalue weighted by Gasteiger charge is -1.99. The van der Waals surface area contributed by atoms with Crippen LogP contribution in [0.25, 0.3) is 0 Å². The normalized spacial score (nSPS) is 10.0. The Bertz CT molecular complexity index is 340. The Morgan fingerprint density at radius 2 is 2.08 bits per heavy atom. The van der Waals surface area contributed by atoms with Crippen molar-refractivity contribution < 1.29 is 9.18 Å². The summed E-state index contributed by atoms with van der Waals surface area (Å²) >= 11 is 12.5. The molecular formula is C7H2Cl2FIO. The van der Waals surface area contributed by atoms with Gasteiger partial charge in [-0.1, -0.05) is 11.6 Å². The van der Waals surface area contributed by atoms with E-state index in [-0.39, 0.29) is 10.6 Å². The number of benzene rings is 1. The molecule has 0 aliphatic carbocycles. The highest BCUT2D eigenvalue weighted by molar-refractivity contribution is 14.1. The molecule has 0 unspecified atom stereocenters. The standard InChI is InChI=1S/C7H2Cl2FIO/c8-4-2-6(11)5(10)1-3(4)7(9)12/h1-2H. The highest BCUT2D eigenvalue weighted by Gasteiger charge is 2.11. The molecule has 0 aliphatic rings. The molecule has 0 saturated carbocycles. The lowest BCUT2D eigenvalue weighted by atomic mass is 10.2. The number of hydrogen-bond acceptors (Lipinski definition) is 1. The molecule has 1 aromatic carbocycles. The third kappa shape index (κ3) is 2.08. The number of carbonyl (C=O) groups excluding carboxylic acids is 1. The highest BCUT2D eigenvalue weighted by atomic mass is 127. The van der Waals surface area contributed by atoms with Crippen LogP contribution in [0.3, 0.4) is 0 Å². The predicted molar refractivity (Wildman–Crippen MR) is 54.3 cm³/mol. The molecule has 1 aromatic rings. The SMILES string of the molecule is O=C(Cl)c1cc(F)c(I)cc1Cl. The van der Waals surface area contributed by atoms with Gasteiger partial charge in [-0.15, -0.1) is 0 Å². The van der Waals surface area contributed by atoms with Crippen molar-refractivity contribution in [1.29, 1.82) is 0 Å². The molecule has 0 radical (unpaired) electrons. The van der Waals surface area contributed by atoms with E-state index in [9.17, 15) is 9.18 Å². The molecule has 0 atom stereocenters. The molecule has 0 saturated heterocycles. The largest absolute Gasteiger partial charge is 0.276 e. The molecule has 0 heterocycles. The van der Waals surface area contributed by atoms with E-state index >= 15 is 0 Å². The summed E-state index contributed by atoms with van der Waals surface area (Å²) in [5.41, 5.74) is -0.00347. The fourth-order valence-electron chi connectivity index (χ4n) is 0.673. The first-order valence-electron chi connectivity index (χ1n) is 2.86. The van der Waals surface area contributed by atoms with Crippen molar-refractivity contribution in [3.8, 4) is 0 Å². The van der Waals surface area contributed by atoms with E-state index in [1.54, 1.807) is 22.6 Å². The van der Waals surface area contributed by atoms with Crippen molar-refractivity contribution in [2.24, 2.45) is 0 Å². The zero-order chi connectivity index (χ0) is 9.30. The zero-order valence-corrected chi connectivity index (χ0v) is 9.24. The van der Waals surface area contributed by atoms with E-state index in [1.165, 1.54) is 6.07 Å². The van der Waals surface area contributed by atoms with Crippen molar-refractivity contribution in [2.45, 2.75) is 0 Å². The first-order valence-corrected chi connectivity index (χ1v) is 4.70. The monoisotopic (exact) mass is 318 g/mol. The summed E-state index contributed by atoms with van der Waals surface area (Å²) < 4.78 is 13.2. The van der Waals surface area contributed by atoms with E-state index in [2.05, 4.69) is 0 Å². The molecule has 5 heteroatoms. The van der Waals surface area contributed by atoms with E-state index in [4.69, 9.17) is 23.2 Å².